The number of nitrogens with zero attached hydrogens (tertiary/aromatic N) is 6. The smallest absolute Gasteiger partial charge is 0.239 e. The Hall–Kier alpha value is -3.32. The van der Waals surface area contributed by atoms with Gasteiger partial charge in [-0.3, -0.25) is 9.29 Å². The first-order valence-corrected chi connectivity index (χ1v) is 12.2. The summed E-state index contributed by atoms with van der Waals surface area (Å²) in [7, 11) is -0.836. The lowest BCUT2D eigenvalue weighted by Crippen LogP contribution is -2.32. The highest BCUT2D eigenvalue weighted by atomic mass is 32.2. The molecule has 0 spiro atoms. The summed E-state index contributed by atoms with van der Waals surface area (Å²) in [6.45, 7) is 5.70. The van der Waals surface area contributed by atoms with Gasteiger partial charge in [-0.25, -0.2) is 23.4 Å². The average molecular weight is 490 g/mol. The average Bonchev–Trinajstić information content (AvgIpc) is 3.16. The minimum absolute atomic E-state index is 0.0435. The van der Waals surface area contributed by atoms with Gasteiger partial charge in [0, 0.05) is 31.5 Å². The van der Waals surface area contributed by atoms with Crippen LogP contribution in [0.4, 0.5) is 5.95 Å². The molecule has 0 unspecified atom stereocenters. The van der Waals surface area contributed by atoms with E-state index in [4.69, 9.17) is 14.2 Å². The zero-order chi connectivity index (χ0) is 24.5. The maximum atomic E-state index is 13.3. The molecule has 1 aliphatic heterocycles. The van der Waals surface area contributed by atoms with Gasteiger partial charge < -0.3 is 14.2 Å². The molecule has 182 valence electrons. The number of anilines is 1. The van der Waals surface area contributed by atoms with Crippen LogP contribution < -0.4 is 14.2 Å². The summed E-state index contributed by atoms with van der Waals surface area (Å²) >= 11 is 0. The number of aryl methyl sites for hydroxylation is 1. The van der Waals surface area contributed by atoms with E-state index in [1.54, 1.807) is 50.1 Å². The van der Waals surface area contributed by atoms with Crippen LogP contribution in [0.1, 0.15) is 37.2 Å². The third-order valence-electron chi connectivity index (χ3n) is 5.74. The van der Waals surface area contributed by atoms with Crippen molar-refractivity contribution in [2.75, 3.05) is 32.2 Å². The molecule has 0 amide bonds. The minimum atomic E-state index is -3.89. The zero-order valence-electron chi connectivity index (χ0n) is 19.6. The number of rotatable bonds is 8. The second-order valence-electron chi connectivity index (χ2n) is 8.10. The number of ether oxygens (including phenoxy) is 3. The van der Waals surface area contributed by atoms with E-state index >= 15 is 0 Å². The summed E-state index contributed by atoms with van der Waals surface area (Å²) in [5, 5.41) is 7.52. The van der Waals surface area contributed by atoms with Gasteiger partial charge in [-0.15, -0.1) is 10.2 Å². The van der Waals surface area contributed by atoms with Crippen molar-refractivity contribution in [1.29, 1.82) is 0 Å². The molecule has 13 heteroatoms. The van der Waals surface area contributed by atoms with Crippen LogP contribution >= 0.6 is 0 Å². The Morgan fingerprint density at radius 1 is 1.21 bits per heavy atom. The molecule has 34 heavy (non-hydrogen) atoms. The molecular formula is C21H27N7O5S. The van der Waals surface area contributed by atoms with Crippen LogP contribution in [0.25, 0.3) is 11.5 Å². The van der Waals surface area contributed by atoms with E-state index in [0.29, 0.717) is 29.0 Å². The van der Waals surface area contributed by atoms with Crippen LogP contribution in [-0.2, 0) is 14.8 Å². The Morgan fingerprint density at radius 2 is 1.94 bits per heavy atom. The largest absolute Gasteiger partial charge is 0.489 e. The van der Waals surface area contributed by atoms with Crippen LogP contribution in [0.2, 0.25) is 0 Å². The number of sulfonamides is 1. The van der Waals surface area contributed by atoms with Gasteiger partial charge in [-0.1, -0.05) is 6.92 Å². The van der Waals surface area contributed by atoms with Gasteiger partial charge in [0.1, 0.15) is 18.2 Å². The second-order valence-corrected chi connectivity index (χ2v) is 10.1. The van der Waals surface area contributed by atoms with Crippen molar-refractivity contribution in [3.05, 3.63) is 35.9 Å². The van der Waals surface area contributed by atoms with E-state index in [-0.39, 0.29) is 19.2 Å². The number of aromatic nitrogens is 6. The topological polar surface area (TPSA) is 143 Å². The molecule has 0 aromatic carbocycles. The molecule has 3 aromatic rings. The molecule has 1 N–H and O–H groups in total. The standard InChI is InChI=1S/C21H27N7O5S/c1-12-8-22-19(23-9-12)13(2)14(3)34(29,30)27-21-26-25-20-18-16(6-7-17(24-18)32-5)33-11-15(10-31-4)28(20)21/h6-9,13-15H,10-11H2,1-5H3,(H,26,27)/t13-,14-,15+/m0/s1. The SMILES string of the molecule is COC[C@@H]1COc2ccc(OC)nc2-c2nnc(NS(=O)(=O)[C@@H](C)[C@H](C)c3ncc(C)cn3)n21. The predicted molar refractivity (Wildman–Crippen MR) is 123 cm³/mol. The summed E-state index contributed by atoms with van der Waals surface area (Å²) in [6.07, 6.45) is 3.33. The maximum absolute atomic E-state index is 13.3. The van der Waals surface area contributed by atoms with Gasteiger partial charge in [0.2, 0.25) is 21.9 Å². The van der Waals surface area contributed by atoms with Crippen LogP contribution in [-0.4, -0.2) is 70.8 Å². The molecule has 0 fully saturated rings. The molecule has 0 saturated heterocycles. The predicted octanol–water partition coefficient (Wildman–Crippen LogP) is 1.96. The fourth-order valence-corrected chi connectivity index (χ4v) is 4.84. The van der Waals surface area contributed by atoms with E-state index in [1.165, 1.54) is 7.11 Å². The molecular weight excluding hydrogens is 462 g/mol. The van der Waals surface area contributed by atoms with Crippen molar-refractivity contribution < 1.29 is 22.6 Å². The van der Waals surface area contributed by atoms with Crippen molar-refractivity contribution in [3.63, 3.8) is 0 Å². The number of fused-ring (bicyclic) bond motifs is 3. The Kier molecular flexibility index (Phi) is 6.66. The Labute approximate surface area is 197 Å². The Morgan fingerprint density at radius 3 is 2.62 bits per heavy atom. The molecule has 0 aliphatic carbocycles. The van der Waals surface area contributed by atoms with Gasteiger partial charge in [-0.05, 0) is 25.5 Å². The number of nitrogens with one attached hydrogen (secondary N) is 1. The number of methoxy groups -OCH3 is 2. The van der Waals surface area contributed by atoms with E-state index in [2.05, 4.69) is 29.9 Å². The number of pyridine rings is 1. The molecule has 0 saturated carbocycles. The second kappa shape index (κ2) is 9.50. The van der Waals surface area contributed by atoms with Crippen LogP contribution in [0.5, 0.6) is 11.6 Å². The zero-order valence-corrected chi connectivity index (χ0v) is 20.4. The molecule has 4 rings (SSSR count). The lowest BCUT2D eigenvalue weighted by molar-refractivity contribution is 0.126. The highest BCUT2D eigenvalue weighted by molar-refractivity contribution is 7.93. The molecule has 3 aromatic heterocycles. The third kappa shape index (κ3) is 4.53. The fourth-order valence-electron chi connectivity index (χ4n) is 3.60. The van der Waals surface area contributed by atoms with Crippen LogP contribution in [0, 0.1) is 6.92 Å². The lowest BCUT2D eigenvalue weighted by atomic mass is 10.1. The van der Waals surface area contributed by atoms with Crippen molar-refractivity contribution in [3.8, 4) is 23.1 Å². The van der Waals surface area contributed by atoms with E-state index < -0.39 is 27.2 Å². The summed E-state index contributed by atoms with van der Waals surface area (Å²) in [5.74, 6) is 1.22. The summed E-state index contributed by atoms with van der Waals surface area (Å²) in [5.41, 5.74) is 1.29. The molecule has 3 atom stereocenters. The van der Waals surface area contributed by atoms with Gasteiger partial charge in [-0.2, -0.15) is 0 Å². The normalized spacial score (nSPS) is 17.0. The first kappa shape index (κ1) is 23.8. The van der Waals surface area contributed by atoms with Crippen molar-refractivity contribution >= 4 is 16.0 Å². The number of hydrogen-bond donors (Lipinski definition) is 1. The van der Waals surface area contributed by atoms with Crippen LogP contribution in [0.3, 0.4) is 0 Å². The highest BCUT2D eigenvalue weighted by Crippen LogP contribution is 2.36. The third-order valence-corrected chi connectivity index (χ3v) is 7.59. The Balaban J connectivity index is 1.70. The van der Waals surface area contributed by atoms with Gasteiger partial charge in [0.25, 0.3) is 0 Å². The van der Waals surface area contributed by atoms with Crippen molar-refractivity contribution in [1.82, 2.24) is 29.7 Å². The summed E-state index contributed by atoms with van der Waals surface area (Å²) < 4.78 is 47.4. The van der Waals surface area contributed by atoms with Gasteiger partial charge in [0.05, 0.1) is 25.0 Å². The monoisotopic (exact) mass is 489 g/mol. The van der Waals surface area contributed by atoms with Crippen molar-refractivity contribution in [2.45, 2.75) is 38.0 Å². The van der Waals surface area contributed by atoms with E-state index in [0.717, 1.165) is 5.56 Å². The molecule has 0 radical (unpaired) electrons. The first-order valence-electron chi connectivity index (χ1n) is 10.7. The van der Waals surface area contributed by atoms with Gasteiger partial charge in [0.15, 0.2) is 11.5 Å². The highest BCUT2D eigenvalue weighted by Gasteiger charge is 2.34. The van der Waals surface area contributed by atoms with Gasteiger partial charge >= 0.3 is 0 Å². The first-order chi connectivity index (χ1) is 16.2. The quantitative estimate of drug-likeness (QED) is 0.499. The lowest BCUT2D eigenvalue weighted by Gasteiger charge is -2.22. The minimum Gasteiger partial charge on any atom is -0.489 e. The Bertz CT molecular complexity index is 1260. The number of hydrogen-bond acceptors (Lipinski definition) is 10. The van der Waals surface area contributed by atoms with E-state index in [1.807, 2.05) is 6.92 Å². The molecule has 12 nitrogen and oxygen atoms in total. The summed E-state index contributed by atoms with van der Waals surface area (Å²) in [4.78, 5) is 13.0. The fraction of sp³-hybridized carbons (Fsp3) is 0.476. The molecule has 1 aliphatic rings. The van der Waals surface area contributed by atoms with E-state index in [9.17, 15) is 8.42 Å². The maximum Gasteiger partial charge on any atom is 0.239 e. The molecule has 0 bridgehead atoms. The van der Waals surface area contributed by atoms with Crippen molar-refractivity contribution in [2.24, 2.45) is 0 Å². The molecule has 4 heterocycles. The summed E-state index contributed by atoms with van der Waals surface area (Å²) in [6, 6.07) is 3.00. The van der Waals surface area contributed by atoms with Crippen LogP contribution in [0.15, 0.2) is 24.5 Å².